The Hall–Kier alpha value is -2.12. The lowest BCUT2D eigenvalue weighted by atomic mass is 9.99. The van der Waals surface area contributed by atoms with Crippen LogP contribution in [0.4, 0.5) is 0 Å². The maximum Gasteiger partial charge on any atom is 0.0355 e. The van der Waals surface area contributed by atoms with Crippen LogP contribution in [-0.4, -0.2) is 0 Å². The van der Waals surface area contributed by atoms with Crippen LogP contribution in [0.25, 0.3) is 25.7 Å². The van der Waals surface area contributed by atoms with Crippen molar-refractivity contribution in [2.24, 2.45) is 0 Å². The molecule has 124 valence electrons. The third-order valence-electron chi connectivity index (χ3n) is 3.56. The van der Waals surface area contributed by atoms with Crippen LogP contribution in [0.15, 0.2) is 72.3 Å². The molecular formula is C23H26S. The van der Waals surface area contributed by atoms with Crippen LogP contribution in [0.1, 0.15) is 40.2 Å². The molecule has 0 bridgehead atoms. The van der Waals surface area contributed by atoms with Gasteiger partial charge in [-0.3, -0.25) is 0 Å². The average Bonchev–Trinajstić information content (AvgIpc) is 2.93. The topological polar surface area (TPSA) is 0 Å². The van der Waals surface area contributed by atoms with Crippen LogP contribution in [0, 0.1) is 0 Å². The van der Waals surface area contributed by atoms with E-state index < -0.39 is 0 Å². The maximum atomic E-state index is 4.03. The zero-order valence-electron chi connectivity index (χ0n) is 15.3. The van der Waals surface area contributed by atoms with Crippen LogP contribution in [0.3, 0.4) is 0 Å². The second-order valence-electron chi connectivity index (χ2n) is 5.98. The molecule has 0 saturated carbocycles. The van der Waals surface area contributed by atoms with Gasteiger partial charge in [0.05, 0.1) is 0 Å². The Bertz CT molecular complexity index is 916. The standard InChI is InChI=1S/C21H20S.C2H6/c1-14(2)11-17(12-15(3)4)16-9-10-21-19(13-16)18-7-5-6-8-20(18)22-21;1-2/h5-13H,1H2,2-4H3;1-2H3/b17-11+;. The molecule has 1 heteroatoms. The van der Waals surface area contributed by atoms with Gasteiger partial charge in [-0.25, -0.2) is 0 Å². The largest absolute Gasteiger partial charge is 0.135 e. The second-order valence-corrected chi connectivity index (χ2v) is 7.06. The molecule has 0 atom stereocenters. The smallest absolute Gasteiger partial charge is 0.0355 e. The summed E-state index contributed by atoms with van der Waals surface area (Å²) in [6.45, 7) is 14.3. The van der Waals surface area contributed by atoms with Crippen molar-refractivity contribution in [2.75, 3.05) is 0 Å². The molecule has 0 N–H and O–H groups in total. The van der Waals surface area contributed by atoms with Gasteiger partial charge in [-0.2, -0.15) is 0 Å². The maximum absolute atomic E-state index is 4.03. The molecule has 0 fully saturated rings. The van der Waals surface area contributed by atoms with Crippen molar-refractivity contribution < 1.29 is 0 Å². The van der Waals surface area contributed by atoms with Gasteiger partial charge in [0, 0.05) is 20.2 Å². The van der Waals surface area contributed by atoms with E-state index >= 15 is 0 Å². The van der Waals surface area contributed by atoms with Crippen LogP contribution < -0.4 is 0 Å². The lowest BCUT2D eigenvalue weighted by molar-refractivity contribution is 1.39. The Kier molecular flexibility index (Phi) is 6.16. The minimum atomic E-state index is 1.07. The first-order valence-corrected chi connectivity index (χ1v) is 9.30. The van der Waals surface area contributed by atoms with E-state index in [2.05, 4.69) is 75.0 Å². The predicted octanol–water partition coefficient (Wildman–Crippen LogP) is 8.01. The Morgan fingerprint density at radius 1 is 0.875 bits per heavy atom. The Labute approximate surface area is 149 Å². The van der Waals surface area contributed by atoms with Gasteiger partial charge in [0.25, 0.3) is 0 Å². The Balaban J connectivity index is 0.00000100. The highest BCUT2D eigenvalue weighted by Gasteiger charge is 2.07. The minimum Gasteiger partial charge on any atom is -0.135 e. The lowest BCUT2D eigenvalue weighted by Crippen LogP contribution is -1.83. The van der Waals surface area contributed by atoms with Crippen molar-refractivity contribution in [1.82, 2.24) is 0 Å². The van der Waals surface area contributed by atoms with E-state index in [9.17, 15) is 0 Å². The second kappa shape index (κ2) is 8.12. The number of thiophene rings is 1. The van der Waals surface area contributed by atoms with Crippen molar-refractivity contribution in [3.05, 3.63) is 77.9 Å². The third-order valence-corrected chi connectivity index (χ3v) is 4.71. The Morgan fingerprint density at radius 3 is 2.21 bits per heavy atom. The summed E-state index contributed by atoms with van der Waals surface area (Å²) in [5.74, 6) is 0. The summed E-state index contributed by atoms with van der Waals surface area (Å²) >= 11 is 1.86. The number of benzene rings is 2. The van der Waals surface area contributed by atoms with E-state index in [0.717, 1.165) is 5.57 Å². The first-order chi connectivity index (χ1) is 11.5. The summed E-state index contributed by atoms with van der Waals surface area (Å²) < 4.78 is 2.69. The van der Waals surface area contributed by atoms with E-state index in [1.165, 1.54) is 36.9 Å². The van der Waals surface area contributed by atoms with Gasteiger partial charge in [0.2, 0.25) is 0 Å². The highest BCUT2D eigenvalue weighted by Crippen LogP contribution is 2.35. The van der Waals surface area contributed by atoms with E-state index in [0.29, 0.717) is 0 Å². The van der Waals surface area contributed by atoms with Gasteiger partial charge in [0.1, 0.15) is 0 Å². The highest BCUT2D eigenvalue weighted by molar-refractivity contribution is 7.25. The van der Waals surface area contributed by atoms with E-state index in [1.807, 2.05) is 32.1 Å². The molecule has 0 radical (unpaired) electrons. The molecule has 0 amide bonds. The van der Waals surface area contributed by atoms with Crippen molar-refractivity contribution in [3.8, 4) is 0 Å². The van der Waals surface area contributed by atoms with Crippen molar-refractivity contribution in [2.45, 2.75) is 34.6 Å². The molecule has 2 aromatic carbocycles. The van der Waals surface area contributed by atoms with Gasteiger partial charge in [-0.05, 0) is 50.1 Å². The number of allylic oxidation sites excluding steroid dienone is 5. The quantitative estimate of drug-likeness (QED) is 0.425. The molecule has 0 unspecified atom stereocenters. The molecule has 0 aliphatic rings. The van der Waals surface area contributed by atoms with Crippen LogP contribution >= 0.6 is 11.3 Å². The molecule has 0 aliphatic carbocycles. The molecule has 0 spiro atoms. The number of hydrogen-bond acceptors (Lipinski definition) is 1. The van der Waals surface area contributed by atoms with E-state index in [4.69, 9.17) is 0 Å². The number of rotatable bonds is 3. The summed E-state index contributed by atoms with van der Waals surface area (Å²) in [6, 6.07) is 15.4. The molecule has 0 aliphatic heterocycles. The minimum absolute atomic E-state index is 1.07. The molecule has 0 saturated heterocycles. The zero-order valence-corrected chi connectivity index (χ0v) is 16.1. The molecular weight excluding hydrogens is 308 g/mol. The van der Waals surface area contributed by atoms with E-state index in [-0.39, 0.29) is 0 Å². The molecule has 1 aromatic heterocycles. The van der Waals surface area contributed by atoms with Crippen LogP contribution in [-0.2, 0) is 0 Å². The monoisotopic (exact) mass is 334 g/mol. The first kappa shape index (κ1) is 18.2. The summed E-state index contributed by atoms with van der Waals surface area (Å²) in [6.07, 6.45) is 4.38. The Morgan fingerprint density at radius 2 is 1.54 bits per heavy atom. The fourth-order valence-corrected chi connectivity index (χ4v) is 3.78. The average molecular weight is 335 g/mol. The number of fused-ring (bicyclic) bond motifs is 3. The molecule has 3 aromatic rings. The summed E-state index contributed by atoms with van der Waals surface area (Å²) in [4.78, 5) is 0. The predicted molar refractivity (Wildman–Crippen MR) is 113 cm³/mol. The van der Waals surface area contributed by atoms with Crippen molar-refractivity contribution >= 4 is 37.1 Å². The molecule has 0 nitrogen and oxygen atoms in total. The normalized spacial score (nSPS) is 11.1. The first-order valence-electron chi connectivity index (χ1n) is 8.48. The van der Waals surface area contributed by atoms with Gasteiger partial charge in [-0.15, -0.1) is 11.3 Å². The zero-order chi connectivity index (χ0) is 17.7. The highest BCUT2D eigenvalue weighted by atomic mass is 32.1. The van der Waals surface area contributed by atoms with Crippen molar-refractivity contribution in [1.29, 1.82) is 0 Å². The molecule has 3 rings (SSSR count). The van der Waals surface area contributed by atoms with Crippen LogP contribution in [0.5, 0.6) is 0 Å². The van der Waals surface area contributed by atoms with Crippen LogP contribution in [0.2, 0.25) is 0 Å². The van der Waals surface area contributed by atoms with Gasteiger partial charge in [0.15, 0.2) is 0 Å². The third kappa shape index (κ3) is 4.04. The van der Waals surface area contributed by atoms with Gasteiger partial charge >= 0.3 is 0 Å². The number of hydrogen-bond donors (Lipinski definition) is 0. The SMILES string of the molecule is C=C(C)/C=C(\C=C(C)C)c1ccc2sc3ccccc3c2c1.CC. The molecule has 24 heavy (non-hydrogen) atoms. The summed E-state index contributed by atoms with van der Waals surface area (Å²) in [7, 11) is 0. The fraction of sp³-hybridized carbons (Fsp3) is 0.217. The lowest BCUT2D eigenvalue weighted by Gasteiger charge is -2.05. The summed E-state index contributed by atoms with van der Waals surface area (Å²) in [5.41, 5.74) is 4.84. The van der Waals surface area contributed by atoms with Gasteiger partial charge in [-0.1, -0.05) is 68.0 Å². The fourth-order valence-electron chi connectivity index (χ4n) is 2.69. The molecule has 1 heterocycles. The van der Waals surface area contributed by atoms with E-state index in [1.54, 1.807) is 0 Å². The van der Waals surface area contributed by atoms with Gasteiger partial charge < -0.3 is 0 Å². The summed E-state index contributed by atoms with van der Waals surface area (Å²) in [5, 5.41) is 2.68. The van der Waals surface area contributed by atoms with Crippen molar-refractivity contribution in [3.63, 3.8) is 0 Å².